The molecule has 0 saturated carbocycles. The highest BCUT2D eigenvalue weighted by Crippen LogP contribution is 2.45. The molecule has 0 spiro atoms. The lowest BCUT2D eigenvalue weighted by Gasteiger charge is -2.17. The van der Waals surface area contributed by atoms with Crippen molar-refractivity contribution in [3.63, 3.8) is 0 Å². The van der Waals surface area contributed by atoms with Crippen molar-refractivity contribution >= 4 is 51.8 Å². The molecule has 3 nitrogen and oxygen atoms in total. The first-order chi connectivity index (χ1) is 16.0. The highest BCUT2D eigenvalue weighted by atomic mass is 32.2. The number of carbonyl (C=O) groups excluding carboxylic acids is 2. The van der Waals surface area contributed by atoms with Gasteiger partial charge in [0.25, 0.3) is 11.8 Å². The Balaban J connectivity index is 1.59. The van der Waals surface area contributed by atoms with Crippen LogP contribution in [0, 0.1) is 13.8 Å². The maximum atomic E-state index is 13.7. The number of hydrogen-bond acceptors (Lipinski definition) is 4. The second kappa shape index (κ2) is 8.93. The maximum absolute atomic E-state index is 13.7. The number of amides is 2. The maximum Gasteiger partial charge on any atom is 0.273 e. The molecule has 0 aliphatic carbocycles. The van der Waals surface area contributed by atoms with Crippen molar-refractivity contribution in [3.8, 4) is 0 Å². The normalized spacial score (nSPS) is 13.9. The van der Waals surface area contributed by atoms with E-state index in [-0.39, 0.29) is 11.8 Å². The van der Waals surface area contributed by atoms with E-state index in [4.69, 9.17) is 0 Å². The second-order valence-electron chi connectivity index (χ2n) is 7.93. The van der Waals surface area contributed by atoms with Crippen LogP contribution in [0.15, 0.2) is 111 Å². The first-order valence-corrected chi connectivity index (χ1v) is 12.2. The number of imide groups is 1. The van der Waals surface area contributed by atoms with Gasteiger partial charge >= 0.3 is 0 Å². The molecule has 0 aromatic heterocycles. The quantitative estimate of drug-likeness (QED) is 0.293. The topological polar surface area (TPSA) is 37.4 Å². The largest absolute Gasteiger partial charge is 0.273 e. The summed E-state index contributed by atoms with van der Waals surface area (Å²) < 4.78 is 0. The molecule has 1 aliphatic rings. The minimum absolute atomic E-state index is 0.281. The summed E-state index contributed by atoms with van der Waals surface area (Å²) in [6, 6.07) is 29.5. The Morgan fingerprint density at radius 3 is 1.61 bits per heavy atom. The Morgan fingerprint density at radius 2 is 1.06 bits per heavy atom. The van der Waals surface area contributed by atoms with Crippen LogP contribution >= 0.6 is 23.5 Å². The molecule has 2 amide bonds. The van der Waals surface area contributed by atoms with Crippen LogP contribution < -0.4 is 4.90 Å². The first-order valence-electron chi connectivity index (χ1n) is 10.6. The van der Waals surface area contributed by atoms with Crippen molar-refractivity contribution in [1.29, 1.82) is 0 Å². The predicted octanol–water partition coefficient (Wildman–Crippen LogP) is 7.13. The highest BCUT2D eigenvalue weighted by Gasteiger charge is 2.41. The Labute approximate surface area is 201 Å². The van der Waals surface area contributed by atoms with Gasteiger partial charge in [0.1, 0.15) is 0 Å². The molecule has 0 bridgehead atoms. The van der Waals surface area contributed by atoms with E-state index in [1.807, 2.05) is 105 Å². The molecule has 0 fully saturated rings. The molecule has 33 heavy (non-hydrogen) atoms. The molecule has 162 valence electrons. The van der Waals surface area contributed by atoms with Gasteiger partial charge in [0, 0.05) is 15.2 Å². The van der Waals surface area contributed by atoms with Gasteiger partial charge in [-0.05, 0) is 49.6 Å². The molecule has 4 aromatic carbocycles. The number of carbonyl (C=O) groups is 2. The fourth-order valence-corrected chi connectivity index (χ4v) is 5.72. The Bertz CT molecular complexity index is 1330. The van der Waals surface area contributed by atoms with Crippen molar-refractivity contribution in [2.75, 3.05) is 4.90 Å². The van der Waals surface area contributed by atoms with Crippen LogP contribution in [0.25, 0.3) is 10.8 Å². The van der Waals surface area contributed by atoms with Crippen molar-refractivity contribution in [2.45, 2.75) is 23.6 Å². The van der Waals surface area contributed by atoms with Crippen LogP contribution in [-0.4, -0.2) is 11.8 Å². The summed E-state index contributed by atoms with van der Waals surface area (Å²) >= 11 is 2.71. The smallest absolute Gasteiger partial charge is 0.268 e. The minimum atomic E-state index is -0.281. The first kappa shape index (κ1) is 21.6. The summed E-state index contributed by atoms with van der Waals surface area (Å²) in [7, 11) is 0. The molecule has 0 unspecified atom stereocenters. The minimum Gasteiger partial charge on any atom is -0.268 e. The van der Waals surface area contributed by atoms with Crippen molar-refractivity contribution in [1.82, 2.24) is 0 Å². The van der Waals surface area contributed by atoms with Crippen LogP contribution in [0.4, 0.5) is 5.69 Å². The van der Waals surface area contributed by atoms with E-state index in [2.05, 4.69) is 0 Å². The number of benzene rings is 4. The summed E-state index contributed by atoms with van der Waals surface area (Å²) in [5.41, 5.74) is 2.91. The van der Waals surface area contributed by atoms with Crippen LogP contribution in [0.5, 0.6) is 0 Å². The third kappa shape index (κ3) is 4.22. The van der Waals surface area contributed by atoms with Crippen LogP contribution in [0.3, 0.4) is 0 Å². The number of fused-ring (bicyclic) bond motifs is 1. The summed E-state index contributed by atoms with van der Waals surface area (Å²) in [6.45, 7) is 4.05. The van der Waals surface area contributed by atoms with E-state index in [0.717, 1.165) is 31.7 Å². The zero-order chi connectivity index (χ0) is 22.9. The molecule has 4 aromatic rings. The molecule has 1 heterocycles. The van der Waals surface area contributed by atoms with E-state index in [1.165, 1.54) is 28.4 Å². The lowest BCUT2D eigenvalue weighted by atomic mass is 10.1. The zero-order valence-electron chi connectivity index (χ0n) is 18.2. The second-order valence-corrected chi connectivity index (χ2v) is 10.1. The number of nitrogens with zero attached hydrogens (tertiary/aromatic N) is 1. The number of rotatable bonds is 5. The third-order valence-corrected chi connectivity index (χ3v) is 7.80. The molecule has 0 saturated heterocycles. The monoisotopic (exact) mass is 467 g/mol. The highest BCUT2D eigenvalue weighted by molar-refractivity contribution is 8.08. The van der Waals surface area contributed by atoms with Crippen molar-refractivity contribution < 1.29 is 9.59 Å². The van der Waals surface area contributed by atoms with Gasteiger partial charge in [-0.1, -0.05) is 95.3 Å². The average Bonchev–Trinajstić information content (AvgIpc) is 3.05. The van der Waals surface area contributed by atoms with E-state index < -0.39 is 0 Å². The lowest BCUT2D eigenvalue weighted by Crippen LogP contribution is -2.31. The zero-order valence-corrected chi connectivity index (χ0v) is 19.9. The molecule has 5 heteroatoms. The number of aryl methyl sites for hydroxylation is 2. The molecule has 1 aliphatic heterocycles. The molecule has 0 atom stereocenters. The van der Waals surface area contributed by atoms with Crippen LogP contribution in [-0.2, 0) is 9.59 Å². The van der Waals surface area contributed by atoms with Gasteiger partial charge in [-0.3, -0.25) is 9.59 Å². The van der Waals surface area contributed by atoms with E-state index in [0.29, 0.717) is 15.5 Å². The fourth-order valence-electron chi connectivity index (χ4n) is 3.74. The number of thioether (sulfide) groups is 2. The number of hydrogen-bond donors (Lipinski definition) is 0. The van der Waals surface area contributed by atoms with E-state index in [1.54, 1.807) is 0 Å². The third-order valence-electron chi connectivity index (χ3n) is 5.49. The predicted molar refractivity (Wildman–Crippen MR) is 138 cm³/mol. The van der Waals surface area contributed by atoms with Gasteiger partial charge in [0.2, 0.25) is 0 Å². The average molecular weight is 468 g/mol. The molecule has 0 N–H and O–H groups in total. The summed E-state index contributed by atoms with van der Waals surface area (Å²) in [5, 5.41) is 1.87. The van der Waals surface area contributed by atoms with Crippen LogP contribution in [0.2, 0.25) is 0 Å². The fraction of sp³-hybridized carbons (Fsp3) is 0.0714. The van der Waals surface area contributed by atoms with E-state index in [9.17, 15) is 9.59 Å². The molecule has 0 radical (unpaired) electrons. The Hall–Kier alpha value is -3.28. The van der Waals surface area contributed by atoms with Crippen molar-refractivity contribution in [2.24, 2.45) is 0 Å². The Kier molecular flexibility index (Phi) is 5.83. The van der Waals surface area contributed by atoms with Crippen molar-refractivity contribution in [3.05, 3.63) is 112 Å². The summed E-state index contributed by atoms with van der Waals surface area (Å²) in [5.74, 6) is -0.562. The van der Waals surface area contributed by atoms with Gasteiger partial charge in [0.15, 0.2) is 0 Å². The summed E-state index contributed by atoms with van der Waals surface area (Å²) in [6.07, 6.45) is 0. The van der Waals surface area contributed by atoms with Gasteiger partial charge < -0.3 is 0 Å². The SMILES string of the molecule is Cc1ccc(SC2=C(Sc3ccc(C)cc3)C(=O)N(c3cccc4ccccc34)C2=O)cc1. The molecule has 5 rings (SSSR count). The van der Waals surface area contributed by atoms with Gasteiger partial charge in [-0.25, -0.2) is 4.90 Å². The van der Waals surface area contributed by atoms with E-state index >= 15 is 0 Å². The Morgan fingerprint density at radius 1 is 0.576 bits per heavy atom. The van der Waals surface area contributed by atoms with Gasteiger partial charge in [0.05, 0.1) is 15.5 Å². The standard InChI is InChI=1S/C28H21NO2S2/c1-18-10-14-21(15-11-18)32-25-26(33-22-16-12-19(2)13-17-22)28(31)29(27(25)30)24-9-5-7-20-6-3-4-8-23(20)24/h3-17H,1-2H3. The molecular weight excluding hydrogens is 446 g/mol. The molecular formula is C28H21NO2S2. The van der Waals surface area contributed by atoms with Gasteiger partial charge in [-0.15, -0.1) is 0 Å². The summed E-state index contributed by atoms with van der Waals surface area (Å²) in [4.78, 5) is 31.5. The van der Waals surface area contributed by atoms with Crippen LogP contribution in [0.1, 0.15) is 11.1 Å². The number of anilines is 1. The van der Waals surface area contributed by atoms with Gasteiger partial charge in [-0.2, -0.15) is 0 Å². The lowest BCUT2D eigenvalue weighted by molar-refractivity contribution is -0.120.